The molecule has 78 valence electrons. The maximum atomic E-state index is 12.9. The topological polar surface area (TPSA) is 41.5 Å². The highest BCUT2D eigenvalue weighted by Gasteiger charge is 2.21. The molecule has 1 aromatic rings. The van der Waals surface area contributed by atoms with E-state index in [0.29, 0.717) is 12.3 Å². The van der Waals surface area contributed by atoms with Gasteiger partial charge in [-0.1, -0.05) is 12.1 Å². The molecule has 0 aliphatic carbocycles. The molecular formula is C11H11FN2O. The molecule has 0 spiro atoms. The van der Waals surface area contributed by atoms with Gasteiger partial charge in [0.15, 0.2) is 0 Å². The zero-order valence-electron chi connectivity index (χ0n) is 8.33. The molecule has 1 N–H and O–H groups in total. The zero-order chi connectivity index (χ0) is 10.8. The summed E-state index contributed by atoms with van der Waals surface area (Å²) >= 11 is 0. The second kappa shape index (κ2) is 3.81. The highest BCUT2D eigenvalue weighted by atomic mass is 19.1. The van der Waals surface area contributed by atoms with E-state index in [0.717, 1.165) is 5.56 Å². The van der Waals surface area contributed by atoms with Crippen molar-refractivity contribution < 1.29 is 9.18 Å². The Labute approximate surface area is 87.0 Å². The lowest BCUT2D eigenvalue weighted by molar-refractivity contribution is -0.119. The van der Waals surface area contributed by atoms with Gasteiger partial charge in [0, 0.05) is 6.42 Å². The van der Waals surface area contributed by atoms with Crippen LogP contribution in [0.1, 0.15) is 12.5 Å². The van der Waals surface area contributed by atoms with E-state index in [4.69, 9.17) is 0 Å². The molecule has 0 saturated carbocycles. The van der Waals surface area contributed by atoms with E-state index in [1.165, 1.54) is 12.1 Å². The Bertz CT molecular complexity index is 428. The third-order valence-electron chi connectivity index (χ3n) is 2.26. The maximum absolute atomic E-state index is 12.9. The largest absolute Gasteiger partial charge is 0.312 e. The molecule has 1 aromatic carbocycles. The number of nitrogens with zero attached hydrogens (tertiary/aromatic N) is 1. The minimum atomic E-state index is -0.325. The number of halogens is 1. The molecular weight excluding hydrogens is 195 g/mol. The van der Waals surface area contributed by atoms with E-state index >= 15 is 0 Å². The first kappa shape index (κ1) is 9.83. The minimum absolute atomic E-state index is 0.0959. The highest BCUT2D eigenvalue weighted by Crippen LogP contribution is 2.07. The van der Waals surface area contributed by atoms with E-state index in [9.17, 15) is 9.18 Å². The summed E-state index contributed by atoms with van der Waals surface area (Å²) < 4.78 is 12.9. The van der Waals surface area contributed by atoms with Crippen LogP contribution in [-0.2, 0) is 11.2 Å². The normalized spacial score (nSPS) is 20.0. The van der Waals surface area contributed by atoms with Crippen molar-refractivity contribution in [3.63, 3.8) is 0 Å². The Morgan fingerprint density at radius 2 is 2.33 bits per heavy atom. The summed E-state index contributed by atoms with van der Waals surface area (Å²) in [4.78, 5) is 15.3. The smallest absolute Gasteiger partial charge is 0.249 e. The Morgan fingerprint density at radius 1 is 1.53 bits per heavy atom. The van der Waals surface area contributed by atoms with Gasteiger partial charge in [0.1, 0.15) is 17.7 Å². The van der Waals surface area contributed by atoms with Crippen molar-refractivity contribution in [3.8, 4) is 0 Å². The third-order valence-corrected chi connectivity index (χ3v) is 2.26. The Hall–Kier alpha value is -1.71. The molecule has 2 rings (SSSR count). The van der Waals surface area contributed by atoms with Crippen molar-refractivity contribution in [1.82, 2.24) is 5.32 Å². The van der Waals surface area contributed by atoms with Gasteiger partial charge < -0.3 is 5.32 Å². The summed E-state index contributed by atoms with van der Waals surface area (Å²) in [7, 11) is 0. The number of aliphatic imine (C=N–C) groups is 1. The van der Waals surface area contributed by atoms with Gasteiger partial charge in [-0.2, -0.15) is 0 Å². The number of carbonyl (C=O) groups excluding carboxylic acids is 1. The molecule has 15 heavy (non-hydrogen) atoms. The summed E-state index contributed by atoms with van der Waals surface area (Å²) in [6.07, 6.45) is 0.466. The molecule has 1 aliphatic rings. The number of rotatable bonds is 2. The first-order valence-electron chi connectivity index (χ1n) is 4.77. The van der Waals surface area contributed by atoms with Gasteiger partial charge in [-0.15, -0.1) is 0 Å². The minimum Gasteiger partial charge on any atom is -0.312 e. The molecule has 3 nitrogen and oxygen atoms in total. The van der Waals surface area contributed by atoms with Gasteiger partial charge in [-0.05, 0) is 24.6 Å². The standard InChI is InChI=1S/C11H11FN2O/c1-7-11(15)14-10(13-7)6-8-3-2-4-9(12)5-8/h2-5,7H,6H2,1H3,(H,13,14,15). The third kappa shape index (κ3) is 2.21. The van der Waals surface area contributed by atoms with E-state index in [1.54, 1.807) is 19.1 Å². The van der Waals surface area contributed by atoms with E-state index in [-0.39, 0.29) is 17.8 Å². The van der Waals surface area contributed by atoms with Crippen LogP contribution in [0.5, 0.6) is 0 Å². The van der Waals surface area contributed by atoms with Crippen LogP contribution >= 0.6 is 0 Å². The van der Waals surface area contributed by atoms with E-state index in [1.807, 2.05) is 0 Å². The Balaban J connectivity index is 2.10. The van der Waals surface area contributed by atoms with E-state index in [2.05, 4.69) is 10.3 Å². The molecule has 0 aromatic heterocycles. The first-order valence-corrected chi connectivity index (χ1v) is 4.77. The van der Waals surface area contributed by atoms with Gasteiger partial charge in [-0.3, -0.25) is 9.79 Å². The molecule has 0 fully saturated rings. The van der Waals surface area contributed by atoms with Crippen molar-refractivity contribution in [2.75, 3.05) is 0 Å². The van der Waals surface area contributed by atoms with Crippen molar-refractivity contribution in [2.45, 2.75) is 19.4 Å². The van der Waals surface area contributed by atoms with Crippen LogP contribution in [0.2, 0.25) is 0 Å². The Kier molecular flexibility index (Phi) is 2.49. The molecule has 0 saturated heterocycles. The Morgan fingerprint density at radius 3 is 2.93 bits per heavy atom. The van der Waals surface area contributed by atoms with Crippen molar-refractivity contribution >= 4 is 11.7 Å². The molecule has 1 heterocycles. The van der Waals surface area contributed by atoms with Gasteiger partial charge in [-0.25, -0.2) is 4.39 Å². The summed E-state index contributed by atoms with van der Waals surface area (Å²) in [5.41, 5.74) is 0.808. The predicted molar refractivity (Wildman–Crippen MR) is 55.1 cm³/mol. The lowest BCUT2D eigenvalue weighted by atomic mass is 10.1. The fourth-order valence-corrected chi connectivity index (χ4v) is 1.50. The molecule has 0 radical (unpaired) electrons. The van der Waals surface area contributed by atoms with Crippen molar-refractivity contribution in [3.05, 3.63) is 35.6 Å². The molecule has 0 bridgehead atoms. The van der Waals surface area contributed by atoms with Crippen LogP contribution in [0.3, 0.4) is 0 Å². The average Bonchev–Trinajstić information content (AvgIpc) is 2.45. The lowest BCUT2D eigenvalue weighted by Gasteiger charge is -2.01. The SMILES string of the molecule is CC1N=C(Cc2cccc(F)c2)NC1=O. The van der Waals surface area contributed by atoms with Gasteiger partial charge in [0.2, 0.25) is 5.91 Å². The predicted octanol–water partition coefficient (Wildman–Crippen LogP) is 1.28. The first-order chi connectivity index (χ1) is 7.15. The lowest BCUT2D eigenvalue weighted by Crippen LogP contribution is -2.28. The van der Waals surface area contributed by atoms with Gasteiger partial charge in [0.05, 0.1) is 0 Å². The number of carbonyl (C=O) groups is 1. The van der Waals surface area contributed by atoms with Crippen LogP contribution in [-0.4, -0.2) is 17.8 Å². The second-order valence-electron chi connectivity index (χ2n) is 3.55. The monoisotopic (exact) mass is 206 g/mol. The van der Waals surface area contributed by atoms with Crippen molar-refractivity contribution in [2.24, 2.45) is 4.99 Å². The number of amidine groups is 1. The van der Waals surface area contributed by atoms with Gasteiger partial charge in [0.25, 0.3) is 0 Å². The number of amides is 1. The van der Waals surface area contributed by atoms with Crippen LogP contribution in [0.15, 0.2) is 29.3 Å². The summed E-state index contributed by atoms with van der Waals surface area (Å²) in [6, 6.07) is 5.96. The maximum Gasteiger partial charge on any atom is 0.249 e. The fourth-order valence-electron chi connectivity index (χ4n) is 1.50. The zero-order valence-corrected chi connectivity index (χ0v) is 8.33. The second-order valence-corrected chi connectivity index (χ2v) is 3.55. The summed E-state index contributed by atoms with van der Waals surface area (Å²) in [6.45, 7) is 1.73. The number of hydrogen-bond donors (Lipinski definition) is 1. The quantitative estimate of drug-likeness (QED) is 0.778. The molecule has 4 heteroatoms. The molecule has 1 unspecified atom stereocenters. The van der Waals surface area contributed by atoms with Gasteiger partial charge >= 0.3 is 0 Å². The number of nitrogens with one attached hydrogen (secondary N) is 1. The molecule has 1 amide bonds. The molecule has 1 aliphatic heterocycles. The molecule has 1 atom stereocenters. The number of hydrogen-bond acceptors (Lipinski definition) is 2. The van der Waals surface area contributed by atoms with Crippen LogP contribution < -0.4 is 5.32 Å². The summed E-state index contributed by atoms with van der Waals surface area (Å²) in [5, 5.41) is 2.66. The fraction of sp³-hybridized carbons (Fsp3) is 0.273. The van der Waals surface area contributed by atoms with E-state index < -0.39 is 0 Å². The van der Waals surface area contributed by atoms with Crippen molar-refractivity contribution in [1.29, 1.82) is 0 Å². The highest BCUT2D eigenvalue weighted by molar-refractivity contribution is 6.06. The van der Waals surface area contributed by atoms with Crippen LogP contribution in [0.25, 0.3) is 0 Å². The average molecular weight is 206 g/mol. The number of benzene rings is 1. The van der Waals surface area contributed by atoms with Crippen LogP contribution in [0, 0.1) is 5.82 Å². The summed E-state index contributed by atoms with van der Waals surface area (Å²) in [5.74, 6) is 0.241. The van der Waals surface area contributed by atoms with Crippen LogP contribution in [0.4, 0.5) is 4.39 Å².